The first-order chi connectivity index (χ1) is 11.3. The van der Waals surface area contributed by atoms with Gasteiger partial charge in [-0.3, -0.25) is 4.98 Å². The minimum Gasteiger partial charge on any atom is -0.748 e. The monoisotopic (exact) mass is 391 g/mol. The second-order valence-corrected chi connectivity index (χ2v) is 9.83. The van der Waals surface area contributed by atoms with Crippen LogP contribution in [-0.4, -0.2) is 61.9 Å². The molecule has 1 N–H and O–H groups in total. The Morgan fingerprint density at radius 2 is 1.88 bits per heavy atom. The number of aromatic nitrogens is 1. The Hall–Kier alpha value is -0.890. The number of hydrogen-bond donors (Lipinski definition) is 1. The van der Waals surface area contributed by atoms with E-state index in [4.69, 9.17) is 11.6 Å². The van der Waals surface area contributed by atoms with E-state index in [9.17, 15) is 13.0 Å². The molecule has 0 aliphatic carbocycles. The highest BCUT2D eigenvalue weighted by Gasteiger charge is 2.18. The van der Waals surface area contributed by atoms with Crippen LogP contribution < -0.4 is 5.32 Å². The van der Waals surface area contributed by atoms with Gasteiger partial charge in [-0.2, -0.15) is 0 Å². The Kier molecular flexibility index (Phi) is 7.68. The zero-order valence-electron chi connectivity index (χ0n) is 15.8. The Morgan fingerprint density at radius 1 is 1.24 bits per heavy atom. The third-order valence-electron chi connectivity index (χ3n) is 3.99. The number of rotatable bonds is 9. The summed E-state index contributed by atoms with van der Waals surface area (Å²) in [7, 11) is -0.0831. The molecular formula is C17H30ClN3O3S. The smallest absolute Gasteiger partial charge is 0.0958 e. The average molecular weight is 392 g/mol. The Labute approximate surface area is 156 Å². The van der Waals surface area contributed by atoms with Crippen molar-refractivity contribution in [3.8, 4) is 0 Å². The summed E-state index contributed by atoms with van der Waals surface area (Å²) in [5.41, 5.74) is 2.75. The van der Waals surface area contributed by atoms with Gasteiger partial charge in [0.25, 0.3) is 0 Å². The first kappa shape index (κ1) is 22.2. The van der Waals surface area contributed by atoms with Crippen LogP contribution in [0.4, 0.5) is 5.69 Å². The van der Waals surface area contributed by atoms with E-state index in [-0.39, 0.29) is 11.2 Å². The number of quaternary nitrogens is 1. The molecule has 0 amide bonds. The summed E-state index contributed by atoms with van der Waals surface area (Å²) in [6.07, 6.45) is 0.374. The van der Waals surface area contributed by atoms with Crippen molar-refractivity contribution in [2.45, 2.75) is 38.5 Å². The van der Waals surface area contributed by atoms with Crippen LogP contribution >= 0.6 is 11.6 Å². The second-order valence-electron chi connectivity index (χ2n) is 8.04. The lowest BCUT2D eigenvalue weighted by Gasteiger charge is -2.30. The van der Waals surface area contributed by atoms with Crippen LogP contribution in [0.3, 0.4) is 0 Å². The molecule has 0 atom stereocenters. The molecule has 1 heterocycles. The van der Waals surface area contributed by atoms with Gasteiger partial charge >= 0.3 is 0 Å². The van der Waals surface area contributed by atoms with Gasteiger partial charge in [-0.15, -0.1) is 11.6 Å². The standard InChI is InChI=1S/C17H30ClN3O3S/c1-17(2,3)16-12-14(11-15(13-18)20-16)19-7-9-21(4,5)8-6-10-25(22,23)24/h11-12H,6-10,13H2,1-5H3,(H-,19,20,22,23,24). The largest absolute Gasteiger partial charge is 0.748 e. The van der Waals surface area contributed by atoms with Crippen molar-refractivity contribution < 1.29 is 17.5 Å². The molecule has 8 heteroatoms. The maximum atomic E-state index is 10.7. The molecule has 0 bridgehead atoms. The number of nitrogens with zero attached hydrogens (tertiary/aromatic N) is 2. The van der Waals surface area contributed by atoms with Crippen LogP contribution in [0.25, 0.3) is 0 Å². The van der Waals surface area contributed by atoms with Crippen LogP contribution in [0, 0.1) is 0 Å². The van der Waals surface area contributed by atoms with Gasteiger partial charge in [0.1, 0.15) is 0 Å². The number of alkyl halides is 1. The minimum atomic E-state index is -4.13. The van der Waals surface area contributed by atoms with E-state index in [2.05, 4.69) is 31.1 Å². The van der Waals surface area contributed by atoms with Gasteiger partial charge in [0.2, 0.25) is 0 Å². The van der Waals surface area contributed by atoms with Gasteiger partial charge < -0.3 is 14.4 Å². The zero-order chi connectivity index (χ0) is 19.3. The minimum absolute atomic E-state index is 0.0579. The molecule has 0 aromatic carbocycles. The van der Waals surface area contributed by atoms with E-state index >= 15 is 0 Å². The first-order valence-electron chi connectivity index (χ1n) is 8.39. The fourth-order valence-corrected chi connectivity index (χ4v) is 3.05. The molecule has 144 valence electrons. The third kappa shape index (κ3) is 8.85. The molecule has 0 fully saturated rings. The molecule has 0 aliphatic rings. The van der Waals surface area contributed by atoms with Crippen molar-refractivity contribution in [2.24, 2.45) is 0 Å². The zero-order valence-corrected chi connectivity index (χ0v) is 17.4. The van der Waals surface area contributed by atoms with Crippen molar-refractivity contribution in [3.63, 3.8) is 0 Å². The van der Waals surface area contributed by atoms with Crippen molar-refractivity contribution in [1.82, 2.24) is 4.98 Å². The predicted octanol–water partition coefficient (Wildman–Crippen LogP) is 2.54. The normalized spacial score (nSPS) is 13.1. The summed E-state index contributed by atoms with van der Waals surface area (Å²) >= 11 is 5.95. The molecule has 0 radical (unpaired) electrons. The summed E-state index contributed by atoms with van der Waals surface area (Å²) in [4.78, 5) is 4.58. The van der Waals surface area contributed by atoms with Crippen LogP contribution in [0.2, 0.25) is 0 Å². The van der Waals surface area contributed by atoms with E-state index < -0.39 is 10.1 Å². The molecule has 0 saturated heterocycles. The lowest BCUT2D eigenvalue weighted by atomic mass is 9.91. The molecule has 6 nitrogen and oxygen atoms in total. The van der Waals surface area contributed by atoms with Gasteiger partial charge in [-0.05, 0) is 12.1 Å². The lowest BCUT2D eigenvalue weighted by molar-refractivity contribution is -0.888. The Balaban J connectivity index is 2.62. The average Bonchev–Trinajstić information content (AvgIpc) is 2.44. The number of halogens is 1. The van der Waals surface area contributed by atoms with Gasteiger partial charge in [-0.1, -0.05) is 20.8 Å². The maximum absolute atomic E-state index is 10.7. The van der Waals surface area contributed by atoms with Crippen molar-refractivity contribution >= 4 is 27.4 Å². The fraction of sp³-hybridized carbons (Fsp3) is 0.706. The van der Waals surface area contributed by atoms with E-state index in [1.54, 1.807) is 0 Å². The van der Waals surface area contributed by atoms with Crippen molar-refractivity contribution in [2.75, 3.05) is 44.8 Å². The molecule has 0 spiro atoms. The van der Waals surface area contributed by atoms with Crippen LogP contribution in [0.1, 0.15) is 38.6 Å². The van der Waals surface area contributed by atoms with Gasteiger partial charge in [-0.25, -0.2) is 8.42 Å². The SMILES string of the molecule is CC(C)(C)c1cc(NCC[N+](C)(C)CCCS(=O)(=O)[O-])cc(CCl)n1. The van der Waals surface area contributed by atoms with Crippen LogP contribution in [0.15, 0.2) is 12.1 Å². The van der Waals surface area contributed by atoms with Gasteiger partial charge in [0, 0.05) is 29.0 Å². The van der Waals surface area contributed by atoms with E-state index in [1.807, 2.05) is 26.2 Å². The summed E-state index contributed by atoms with van der Waals surface area (Å²) in [5.74, 6) is 0.0598. The molecule has 25 heavy (non-hydrogen) atoms. The summed E-state index contributed by atoms with van der Waals surface area (Å²) in [6, 6.07) is 3.99. The van der Waals surface area contributed by atoms with Crippen molar-refractivity contribution in [1.29, 1.82) is 0 Å². The van der Waals surface area contributed by atoms with Gasteiger partial charge in [0.15, 0.2) is 0 Å². The fourth-order valence-electron chi connectivity index (χ4n) is 2.43. The number of likely N-dealkylation sites (N-methyl/N-ethyl adjacent to an activating group) is 1. The number of hydrogen-bond acceptors (Lipinski definition) is 5. The predicted molar refractivity (Wildman–Crippen MR) is 102 cm³/mol. The van der Waals surface area contributed by atoms with Gasteiger partial charge in [0.05, 0.1) is 55.4 Å². The summed E-state index contributed by atoms with van der Waals surface area (Å²) in [5, 5.41) is 3.40. The quantitative estimate of drug-likeness (QED) is 0.397. The summed E-state index contributed by atoms with van der Waals surface area (Å²) < 4.78 is 32.7. The highest BCUT2D eigenvalue weighted by molar-refractivity contribution is 7.85. The third-order valence-corrected chi connectivity index (χ3v) is 5.05. The maximum Gasteiger partial charge on any atom is 0.0958 e. The number of nitrogens with one attached hydrogen (secondary N) is 1. The van der Waals surface area contributed by atoms with E-state index in [0.717, 1.165) is 30.2 Å². The molecule has 1 rings (SSSR count). The molecule has 1 aromatic rings. The molecule has 1 aromatic heterocycles. The molecule has 0 unspecified atom stereocenters. The molecular weight excluding hydrogens is 362 g/mol. The molecule has 0 aliphatic heterocycles. The highest BCUT2D eigenvalue weighted by Crippen LogP contribution is 2.24. The number of pyridine rings is 1. The number of anilines is 1. The van der Waals surface area contributed by atoms with Crippen LogP contribution in [-0.2, 0) is 21.4 Å². The van der Waals surface area contributed by atoms with E-state index in [1.165, 1.54) is 0 Å². The van der Waals surface area contributed by atoms with Crippen molar-refractivity contribution in [3.05, 3.63) is 23.5 Å². The second kappa shape index (κ2) is 8.66. The highest BCUT2D eigenvalue weighted by atomic mass is 35.5. The Morgan fingerprint density at radius 3 is 2.40 bits per heavy atom. The van der Waals surface area contributed by atoms with Crippen LogP contribution in [0.5, 0.6) is 0 Å². The van der Waals surface area contributed by atoms with E-state index in [0.29, 0.717) is 23.3 Å². The molecule has 0 saturated carbocycles. The summed E-state index contributed by atoms with van der Waals surface area (Å²) in [6.45, 7) is 8.51. The lowest BCUT2D eigenvalue weighted by Crippen LogP contribution is -2.44. The topological polar surface area (TPSA) is 82.1 Å². The first-order valence-corrected chi connectivity index (χ1v) is 10.5. The Bertz CT molecular complexity index is 670.